The predicted molar refractivity (Wildman–Crippen MR) is 69.2 cm³/mol. The lowest BCUT2D eigenvalue weighted by Gasteiger charge is -2.12. The fraction of sp³-hybridized carbons (Fsp3) is 0.333. The van der Waals surface area contributed by atoms with E-state index < -0.39 is 5.97 Å². The van der Waals surface area contributed by atoms with Gasteiger partial charge in [-0.15, -0.1) is 0 Å². The highest BCUT2D eigenvalue weighted by atomic mass is 79.9. The number of carbonyl (C=O) groups excluding carboxylic acids is 1. The van der Waals surface area contributed by atoms with Crippen LogP contribution in [0.3, 0.4) is 0 Å². The molecule has 1 amide bonds. The summed E-state index contributed by atoms with van der Waals surface area (Å²) < 4.78 is 0.724. The van der Waals surface area contributed by atoms with Crippen LogP contribution in [0.4, 0.5) is 5.69 Å². The number of aromatic carboxylic acids is 1. The van der Waals surface area contributed by atoms with Gasteiger partial charge in [0.2, 0.25) is 5.91 Å². The summed E-state index contributed by atoms with van der Waals surface area (Å²) in [5, 5.41) is 11.6. The van der Waals surface area contributed by atoms with Crippen LogP contribution in [0, 0.1) is 5.92 Å². The molecule has 0 radical (unpaired) electrons. The summed E-state index contributed by atoms with van der Waals surface area (Å²) in [6.07, 6.45) is 0.711. The van der Waals surface area contributed by atoms with E-state index in [1.807, 2.05) is 6.92 Å². The third-order valence-electron chi connectivity index (χ3n) is 2.53. The molecule has 17 heavy (non-hydrogen) atoms. The second-order valence-corrected chi connectivity index (χ2v) is 4.71. The summed E-state index contributed by atoms with van der Waals surface area (Å²) in [6.45, 7) is 3.71. The SMILES string of the molecule is CCC(C)C(=O)Nc1cc(Br)ccc1C(=O)O. The van der Waals surface area contributed by atoms with E-state index in [2.05, 4.69) is 21.2 Å². The van der Waals surface area contributed by atoms with Crippen LogP contribution in [0.25, 0.3) is 0 Å². The first-order valence-electron chi connectivity index (χ1n) is 5.29. The van der Waals surface area contributed by atoms with Gasteiger partial charge in [0.05, 0.1) is 11.3 Å². The third-order valence-corrected chi connectivity index (χ3v) is 3.02. The lowest BCUT2D eigenvalue weighted by atomic mass is 10.1. The Morgan fingerprint density at radius 3 is 2.65 bits per heavy atom. The van der Waals surface area contributed by atoms with E-state index in [1.165, 1.54) is 6.07 Å². The monoisotopic (exact) mass is 299 g/mol. The fourth-order valence-electron chi connectivity index (χ4n) is 1.25. The van der Waals surface area contributed by atoms with E-state index in [9.17, 15) is 9.59 Å². The molecule has 5 heteroatoms. The number of nitrogens with one attached hydrogen (secondary N) is 1. The van der Waals surface area contributed by atoms with Gasteiger partial charge in [0.1, 0.15) is 0 Å². The minimum Gasteiger partial charge on any atom is -0.478 e. The minimum absolute atomic E-state index is 0.0878. The molecule has 0 aromatic heterocycles. The molecule has 1 atom stereocenters. The normalized spacial score (nSPS) is 11.9. The van der Waals surface area contributed by atoms with Gasteiger partial charge < -0.3 is 10.4 Å². The Hall–Kier alpha value is -1.36. The predicted octanol–water partition coefficient (Wildman–Crippen LogP) is 3.13. The highest BCUT2D eigenvalue weighted by molar-refractivity contribution is 9.10. The first-order valence-corrected chi connectivity index (χ1v) is 6.08. The Labute approximate surface area is 108 Å². The molecule has 0 aliphatic heterocycles. The average Bonchev–Trinajstić information content (AvgIpc) is 2.27. The molecule has 92 valence electrons. The summed E-state index contributed by atoms with van der Waals surface area (Å²) in [7, 11) is 0. The van der Waals surface area contributed by atoms with Crippen LogP contribution in [0.2, 0.25) is 0 Å². The van der Waals surface area contributed by atoms with E-state index in [0.29, 0.717) is 12.1 Å². The number of amides is 1. The van der Waals surface area contributed by atoms with E-state index in [4.69, 9.17) is 5.11 Å². The van der Waals surface area contributed by atoms with E-state index >= 15 is 0 Å². The van der Waals surface area contributed by atoms with Crippen molar-refractivity contribution in [3.63, 3.8) is 0 Å². The zero-order valence-corrected chi connectivity index (χ0v) is 11.2. The number of carboxylic acid groups (broad SMARTS) is 1. The largest absolute Gasteiger partial charge is 0.478 e. The van der Waals surface area contributed by atoms with Crippen molar-refractivity contribution in [1.82, 2.24) is 0 Å². The number of anilines is 1. The molecule has 0 saturated carbocycles. The molecule has 0 aliphatic rings. The number of benzene rings is 1. The Morgan fingerprint density at radius 1 is 1.47 bits per heavy atom. The summed E-state index contributed by atoms with van der Waals surface area (Å²) in [6, 6.07) is 4.67. The van der Waals surface area contributed by atoms with Crippen molar-refractivity contribution in [3.8, 4) is 0 Å². The quantitative estimate of drug-likeness (QED) is 0.897. The summed E-state index contributed by atoms with van der Waals surface area (Å²) in [5.74, 6) is -1.37. The van der Waals surface area contributed by atoms with Crippen molar-refractivity contribution in [2.24, 2.45) is 5.92 Å². The van der Waals surface area contributed by atoms with Gasteiger partial charge in [-0.05, 0) is 24.6 Å². The molecule has 0 saturated heterocycles. The molecule has 1 aromatic rings. The Kier molecular flexibility index (Phi) is 4.69. The van der Waals surface area contributed by atoms with Gasteiger partial charge in [-0.1, -0.05) is 29.8 Å². The maximum absolute atomic E-state index is 11.7. The second kappa shape index (κ2) is 5.82. The topological polar surface area (TPSA) is 66.4 Å². The zero-order valence-electron chi connectivity index (χ0n) is 9.66. The average molecular weight is 300 g/mol. The molecule has 1 aromatic carbocycles. The van der Waals surface area contributed by atoms with Gasteiger partial charge >= 0.3 is 5.97 Å². The van der Waals surface area contributed by atoms with Gasteiger partial charge in [0, 0.05) is 10.4 Å². The Bertz CT molecular complexity index is 445. The number of rotatable bonds is 4. The molecular formula is C12H14BrNO3. The van der Waals surface area contributed by atoms with Crippen LogP contribution in [0.15, 0.2) is 22.7 Å². The highest BCUT2D eigenvalue weighted by Crippen LogP contribution is 2.22. The second-order valence-electron chi connectivity index (χ2n) is 3.79. The number of hydrogen-bond donors (Lipinski definition) is 2. The lowest BCUT2D eigenvalue weighted by Crippen LogP contribution is -2.21. The van der Waals surface area contributed by atoms with Gasteiger partial charge in [-0.2, -0.15) is 0 Å². The van der Waals surface area contributed by atoms with Crippen LogP contribution in [-0.2, 0) is 4.79 Å². The van der Waals surface area contributed by atoms with E-state index in [-0.39, 0.29) is 17.4 Å². The number of carboxylic acids is 1. The van der Waals surface area contributed by atoms with Crippen molar-refractivity contribution in [3.05, 3.63) is 28.2 Å². The van der Waals surface area contributed by atoms with Crippen LogP contribution in [0.5, 0.6) is 0 Å². The smallest absolute Gasteiger partial charge is 0.337 e. The van der Waals surface area contributed by atoms with Crippen LogP contribution >= 0.6 is 15.9 Å². The first-order chi connectivity index (χ1) is 7.95. The van der Waals surface area contributed by atoms with Crippen molar-refractivity contribution < 1.29 is 14.7 Å². The molecule has 4 nitrogen and oxygen atoms in total. The zero-order chi connectivity index (χ0) is 13.0. The van der Waals surface area contributed by atoms with Gasteiger partial charge in [0.25, 0.3) is 0 Å². The molecule has 2 N–H and O–H groups in total. The highest BCUT2D eigenvalue weighted by Gasteiger charge is 2.15. The van der Waals surface area contributed by atoms with Crippen molar-refractivity contribution >= 4 is 33.5 Å². The third kappa shape index (κ3) is 3.56. The van der Waals surface area contributed by atoms with E-state index in [0.717, 1.165) is 4.47 Å². The summed E-state index contributed by atoms with van der Waals surface area (Å²) in [5.41, 5.74) is 0.405. The molecule has 0 fully saturated rings. The number of carbonyl (C=O) groups is 2. The van der Waals surface area contributed by atoms with Gasteiger partial charge in [-0.3, -0.25) is 4.79 Å². The molecule has 0 bridgehead atoms. The van der Waals surface area contributed by atoms with Crippen LogP contribution in [-0.4, -0.2) is 17.0 Å². The van der Waals surface area contributed by atoms with E-state index in [1.54, 1.807) is 19.1 Å². The Balaban J connectivity index is 3.00. The molecular weight excluding hydrogens is 286 g/mol. The standard InChI is InChI=1S/C12H14BrNO3/c1-3-7(2)11(15)14-10-6-8(13)4-5-9(10)12(16)17/h4-7H,3H2,1-2H3,(H,14,15)(H,16,17). The summed E-state index contributed by atoms with van der Waals surface area (Å²) >= 11 is 3.25. The van der Waals surface area contributed by atoms with Gasteiger partial charge in [-0.25, -0.2) is 4.79 Å². The maximum atomic E-state index is 11.7. The van der Waals surface area contributed by atoms with Crippen molar-refractivity contribution in [2.75, 3.05) is 5.32 Å². The molecule has 0 aliphatic carbocycles. The maximum Gasteiger partial charge on any atom is 0.337 e. The van der Waals surface area contributed by atoms with Crippen molar-refractivity contribution in [1.29, 1.82) is 0 Å². The van der Waals surface area contributed by atoms with Crippen molar-refractivity contribution in [2.45, 2.75) is 20.3 Å². The lowest BCUT2D eigenvalue weighted by molar-refractivity contribution is -0.119. The molecule has 1 rings (SSSR count). The fourth-order valence-corrected chi connectivity index (χ4v) is 1.61. The molecule has 0 heterocycles. The van der Waals surface area contributed by atoms with Crippen LogP contribution in [0.1, 0.15) is 30.6 Å². The van der Waals surface area contributed by atoms with Gasteiger partial charge in [0.15, 0.2) is 0 Å². The Morgan fingerprint density at radius 2 is 2.12 bits per heavy atom. The molecule has 0 spiro atoms. The van der Waals surface area contributed by atoms with Crippen LogP contribution < -0.4 is 5.32 Å². The first kappa shape index (κ1) is 13.7. The number of hydrogen-bond acceptors (Lipinski definition) is 2. The molecule has 1 unspecified atom stereocenters. The summed E-state index contributed by atoms with van der Waals surface area (Å²) in [4.78, 5) is 22.7. The minimum atomic E-state index is -1.06. The number of halogens is 1.